The Morgan fingerprint density at radius 3 is 2.32 bits per heavy atom. The number of quaternary nitrogens is 1. The summed E-state index contributed by atoms with van der Waals surface area (Å²) in [6.07, 6.45) is 1.63. The summed E-state index contributed by atoms with van der Waals surface area (Å²) in [5, 5.41) is 0. The molecule has 0 aromatic heterocycles. The van der Waals surface area contributed by atoms with Crippen molar-refractivity contribution in [2.45, 2.75) is 25.8 Å². The standard InChI is InChI=1S/C21H29N3O4/c25-20(3-4-21(26)24-10-13-27-14-11-24)23-8-6-22(7-9-23)16-17-1-2-19-18(15-17)5-12-28-19/h1-2,15H,3-14,16H2/p+1. The van der Waals surface area contributed by atoms with Crippen molar-refractivity contribution in [3.05, 3.63) is 29.3 Å². The number of ether oxygens (including phenoxy) is 2. The van der Waals surface area contributed by atoms with E-state index in [9.17, 15) is 9.59 Å². The van der Waals surface area contributed by atoms with Gasteiger partial charge in [-0.3, -0.25) is 9.59 Å². The highest BCUT2D eigenvalue weighted by molar-refractivity contribution is 5.83. The number of rotatable bonds is 5. The molecule has 0 unspecified atom stereocenters. The van der Waals surface area contributed by atoms with Crippen LogP contribution in [0, 0.1) is 0 Å². The Hall–Kier alpha value is -2.12. The van der Waals surface area contributed by atoms with Crippen molar-refractivity contribution in [2.24, 2.45) is 0 Å². The van der Waals surface area contributed by atoms with E-state index in [1.165, 1.54) is 16.0 Å². The van der Waals surface area contributed by atoms with Gasteiger partial charge in [-0.1, -0.05) is 0 Å². The second kappa shape index (κ2) is 8.92. The van der Waals surface area contributed by atoms with Crippen molar-refractivity contribution >= 4 is 11.8 Å². The van der Waals surface area contributed by atoms with Gasteiger partial charge in [0.05, 0.1) is 46.0 Å². The quantitative estimate of drug-likeness (QED) is 0.738. The van der Waals surface area contributed by atoms with Crippen LogP contribution < -0.4 is 9.64 Å². The van der Waals surface area contributed by atoms with E-state index in [1.807, 2.05) is 4.90 Å². The third kappa shape index (κ3) is 4.64. The maximum atomic E-state index is 12.5. The first-order chi connectivity index (χ1) is 13.7. The van der Waals surface area contributed by atoms with E-state index in [0.717, 1.165) is 51.5 Å². The number of hydrogen-bond donors (Lipinski definition) is 1. The van der Waals surface area contributed by atoms with Gasteiger partial charge < -0.3 is 24.2 Å². The lowest BCUT2D eigenvalue weighted by molar-refractivity contribution is -0.917. The zero-order chi connectivity index (χ0) is 19.3. The predicted molar refractivity (Wildman–Crippen MR) is 103 cm³/mol. The van der Waals surface area contributed by atoms with Crippen LogP contribution in [0.1, 0.15) is 24.0 Å². The first kappa shape index (κ1) is 19.2. The smallest absolute Gasteiger partial charge is 0.223 e. The Kier molecular flexibility index (Phi) is 6.12. The van der Waals surface area contributed by atoms with Crippen molar-refractivity contribution < 1.29 is 24.0 Å². The Labute approximate surface area is 166 Å². The summed E-state index contributed by atoms with van der Waals surface area (Å²) in [5.41, 5.74) is 2.66. The molecule has 0 atom stereocenters. The van der Waals surface area contributed by atoms with Crippen LogP contribution in [0.2, 0.25) is 0 Å². The highest BCUT2D eigenvalue weighted by Crippen LogP contribution is 2.25. The Morgan fingerprint density at radius 2 is 1.61 bits per heavy atom. The fourth-order valence-electron chi connectivity index (χ4n) is 4.23. The van der Waals surface area contributed by atoms with Crippen LogP contribution in [0.4, 0.5) is 0 Å². The van der Waals surface area contributed by atoms with E-state index >= 15 is 0 Å². The van der Waals surface area contributed by atoms with Gasteiger partial charge in [0.25, 0.3) is 0 Å². The number of carbonyl (C=O) groups is 2. The summed E-state index contributed by atoms with van der Waals surface area (Å²) < 4.78 is 10.8. The second-order valence-electron chi connectivity index (χ2n) is 7.84. The molecule has 28 heavy (non-hydrogen) atoms. The zero-order valence-corrected chi connectivity index (χ0v) is 16.5. The molecule has 3 aliphatic rings. The van der Waals surface area contributed by atoms with Crippen molar-refractivity contribution in [1.29, 1.82) is 0 Å². The zero-order valence-electron chi connectivity index (χ0n) is 16.5. The van der Waals surface area contributed by atoms with Gasteiger partial charge in [-0.15, -0.1) is 0 Å². The van der Waals surface area contributed by atoms with E-state index in [4.69, 9.17) is 9.47 Å². The molecule has 0 bridgehead atoms. The summed E-state index contributed by atoms with van der Waals surface area (Å²) in [7, 11) is 0. The molecule has 4 rings (SSSR count). The number of nitrogens with zero attached hydrogens (tertiary/aromatic N) is 2. The van der Waals surface area contributed by atoms with Crippen molar-refractivity contribution in [1.82, 2.24) is 9.80 Å². The number of amides is 2. The lowest BCUT2D eigenvalue weighted by Gasteiger charge is -2.32. The average molecular weight is 388 g/mol. The fraction of sp³-hybridized carbons (Fsp3) is 0.619. The minimum absolute atomic E-state index is 0.0708. The molecule has 0 saturated carbocycles. The molecule has 1 aromatic carbocycles. The second-order valence-corrected chi connectivity index (χ2v) is 7.84. The molecule has 152 valence electrons. The number of fused-ring (bicyclic) bond motifs is 1. The average Bonchev–Trinajstić information content (AvgIpc) is 3.21. The van der Waals surface area contributed by atoms with Crippen molar-refractivity contribution in [3.63, 3.8) is 0 Å². The summed E-state index contributed by atoms with van der Waals surface area (Å²) in [4.78, 5) is 29.9. The minimum Gasteiger partial charge on any atom is -0.493 e. The Balaban J connectivity index is 1.19. The summed E-state index contributed by atoms with van der Waals surface area (Å²) in [6.45, 7) is 7.72. The molecular formula is C21H30N3O4+. The third-order valence-electron chi connectivity index (χ3n) is 5.95. The predicted octanol–water partition coefficient (Wildman–Crippen LogP) is -0.512. The largest absolute Gasteiger partial charge is 0.493 e. The molecule has 1 N–H and O–H groups in total. The number of benzene rings is 1. The number of nitrogens with one attached hydrogen (secondary N) is 1. The van der Waals surface area contributed by atoms with Gasteiger partial charge in [0.15, 0.2) is 0 Å². The van der Waals surface area contributed by atoms with E-state index in [1.54, 1.807) is 4.90 Å². The molecule has 1 aromatic rings. The maximum Gasteiger partial charge on any atom is 0.223 e. The first-order valence-corrected chi connectivity index (χ1v) is 10.4. The van der Waals surface area contributed by atoms with Crippen LogP contribution in [-0.2, 0) is 27.3 Å². The molecule has 2 amide bonds. The first-order valence-electron chi connectivity index (χ1n) is 10.4. The van der Waals surface area contributed by atoms with Crippen LogP contribution in [0.3, 0.4) is 0 Å². The SMILES string of the molecule is O=C(CCC(=O)N1CC[NH+](Cc2ccc3c(c2)CCO3)CC1)N1CCOCC1. The number of hydrogen-bond acceptors (Lipinski definition) is 4. The van der Waals surface area contributed by atoms with Gasteiger partial charge in [0.2, 0.25) is 11.8 Å². The molecule has 0 spiro atoms. The van der Waals surface area contributed by atoms with E-state index in [-0.39, 0.29) is 11.8 Å². The molecule has 7 nitrogen and oxygen atoms in total. The van der Waals surface area contributed by atoms with Crippen LogP contribution >= 0.6 is 0 Å². The van der Waals surface area contributed by atoms with E-state index < -0.39 is 0 Å². The molecule has 0 aliphatic carbocycles. The Bertz CT molecular complexity index is 710. The lowest BCUT2D eigenvalue weighted by atomic mass is 10.1. The molecule has 7 heteroatoms. The van der Waals surface area contributed by atoms with Gasteiger partial charge in [-0.05, 0) is 23.8 Å². The lowest BCUT2D eigenvalue weighted by Crippen LogP contribution is -3.13. The van der Waals surface area contributed by atoms with Crippen LogP contribution in [-0.4, -0.2) is 80.7 Å². The fourth-order valence-corrected chi connectivity index (χ4v) is 4.23. The molecule has 0 radical (unpaired) electrons. The van der Waals surface area contributed by atoms with Crippen LogP contribution in [0.15, 0.2) is 18.2 Å². The summed E-state index contributed by atoms with van der Waals surface area (Å²) in [5.74, 6) is 1.21. The van der Waals surface area contributed by atoms with Gasteiger partial charge in [0, 0.05) is 37.9 Å². The van der Waals surface area contributed by atoms with Gasteiger partial charge in [0.1, 0.15) is 12.3 Å². The number of morpholine rings is 1. The van der Waals surface area contributed by atoms with Gasteiger partial charge >= 0.3 is 0 Å². The van der Waals surface area contributed by atoms with Crippen molar-refractivity contribution in [2.75, 3.05) is 59.1 Å². The van der Waals surface area contributed by atoms with Crippen molar-refractivity contribution in [3.8, 4) is 5.75 Å². The highest BCUT2D eigenvalue weighted by Gasteiger charge is 2.25. The number of carbonyl (C=O) groups excluding carboxylic acids is 2. The van der Waals surface area contributed by atoms with Gasteiger partial charge in [-0.2, -0.15) is 0 Å². The topological polar surface area (TPSA) is 63.5 Å². The van der Waals surface area contributed by atoms with Crippen LogP contribution in [0.25, 0.3) is 0 Å². The van der Waals surface area contributed by atoms with E-state index in [2.05, 4.69) is 18.2 Å². The molecule has 3 aliphatic heterocycles. The number of piperazine rings is 1. The molecular weight excluding hydrogens is 358 g/mol. The maximum absolute atomic E-state index is 12.5. The molecule has 2 fully saturated rings. The molecule has 2 saturated heterocycles. The summed E-state index contributed by atoms with van der Waals surface area (Å²) >= 11 is 0. The minimum atomic E-state index is 0.0708. The van der Waals surface area contributed by atoms with Gasteiger partial charge in [-0.25, -0.2) is 0 Å². The third-order valence-corrected chi connectivity index (χ3v) is 5.95. The van der Waals surface area contributed by atoms with E-state index in [0.29, 0.717) is 39.1 Å². The molecule has 3 heterocycles. The Morgan fingerprint density at radius 1 is 0.929 bits per heavy atom. The highest BCUT2D eigenvalue weighted by atomic mass is 16.5. The normalized spacial score (nSPS) is 20.0. The monoisotopic (exact) mass is 388 g/mol. The van der Waals surface area contributed by atoms with Crippen LogP contribution in [0.5, 0.6) is 5.75 Å². The summed E-state index contributed by atoms with van der Waals surface area (Å²) in [6, 6.07) is 6.51.